The van der Waals surface area contributed by atoms with E-state index in [0.717, 1.165) is 18.6 Å². The van der Waals surface area contributed by atoms with E-state index in [1.54, 1.807) is 0 Å². The van der Waals surface area contributed by atoms with Gasteiger partial charge in [0, 0.05) is 6.07 Å². The molecule has 0 bridgehead atoms. The van der Waals surface area contributed by atoms with Crippen LogP contribution in [0.1, 0.15) is 37.0 Å². The summed E-state index contributed by atoms with van der Waals surface area (Å²) in [6, 6.07) is 5.82. The van der Waals surface area contributed by atoms with Gasteiger partial charge >= 0.3 is 0 Å². The third-order valence-corrected chi connectivity index (χ3v) is 3.92. The summed E-state index contributed by atoms with van der Waals surface area (Å²) in [6.45, 7) is 4.55. The van der Waals surface area contributed by atoms with Crippen LogP contribution in [0.5, 0.6) is 11.5 Å². The fourth-order valence-corrected chi connectivity index (χ4v) is 2.57. The molecule has 0 radical (unpaired) electrons. The Balaban J connectivity index is 2.42. The summed E-state index contributed by atoms with van der Waals surface area (Å²) in [7, 11) is 0. The average molecular weight is 411 g/mol. The van der Waals surface area contributed by atoms with Gasteiger partial charge in [0.1, 0.15) is 11.5 Å². The Morgan fingerprint density at radius 3 is 2.29 bits per heavy atom. The number of nitro groups is 1. The summed E-state index contributed by atoms with van der Waals surface area (Å²) >= 11 is 5.90. The van der Waals surface area contributed by atoms with E-state index in [4.69, 9.17) is 21.1 Å². The van der Waals surface area contributed by atoms with Crippen LogP contribution in [-0.2, 0) is 0 Å². The zero-order valence-electron chi connectivity index (χ0n) is 15.5. The number of rotatable bonds is 9. The number of benzene rings is 2. The number of halogens is 2. The number of nitro benzene ring substituents is 1. The van der Waals surface area contributed by atoms with Crippen LogP contribution in [0.3, 0.4) is 0 Å². The Kier molecular flexibility index (Phi) is 7.57. The lowest BCUT2D eigenvalue weighted by molar-refractivity contribution is -0.384. The molecule has 1 amide bonds. The summed E-state index contributed by atoms with van der Waals surface area (Å²) in [4.78, 5) is 23.3. The first kappa shape index (κ1) is 21.4. The maximum absolute atomic E-state index is 13.2. The molecule has 2 aromatic carbocycles. The van der Waals surface area contributed by atoms with Gasteiger partial charge in [-0.1, -0.05) is 25.4 Å². The smallest absolute Gasteiger partial charge is 0.296 e. The molecule has 0 saturated heterocycles. The first-order valence-corrected chi connectivity index (χ1v) is 9.09. The molecule has 7 nitrogen and oxygen atoms in total. The van der Waals surface area contributed by atoms with Gasteiger partial charge < -0.3 is 14.8 Å². The molecule has 0 spiro atoms. The molecule has 0 fully saturated rings. The number of carbonyl (C=O) groups is 1. The van der Waals surface area contributed by atoms with Gasteiger partial charge in [-0.25, -0.2) is 4.39 Å². The molecular formula is C19H20ClFN2O5. The van der Waals surface area contributed by atoms with Crippen LogP contribution in [0.25, 0.3) is 0 Å². The third kappa shape index (κ3) is 5.32. The zero-order valence-corrected chi connectivity index (χ0v) is 16.2. The minimum Gasteiger partial charge on any atom is -0.490 e. The predicted octanol–water partition coefficient (Wildman–Crippen LogP) is 5.22. The Hall–Kier alpha value is -2.87. The molecule has 0 unspecified atom stereocenters. The number of hydrogen-bond donors (Lipinski definition) is 1. The molecule has 0 aromatic heterocycles. The summed E-state index contributed by atoms with van der Waals surface area (Å²) < 4.78 is 24.3. The normalized spacial score (nSPS) is 10.4. The highest BCUT2D eigenvalue weighted by Crippen LogP contribution is 2.38. The highest BCUT2D eigenvalue weighted by Gasteiger charge is 2.23. The van der Waals surface area contributed by atoms with Crippen molar-refractivity contribution in [3.05, 3.63) is 56.8 Å². The van der Waals surface area contributed by atoms with E-state index in [2.05, 4.69) is 5.32 Å². The van der Waals surface area contributed by atoms with Crippen LogP contribution < -0.4 is 14.8 Å². The summed E-state index contributed by atoms with van der Waals surface area (Å²) in [6.07, 6.45) is 1.43. The molecule has 0 saturated carbocycles. The largest absolute Gasteiger partial charge is 0.490 e. The lowest BCUT2D eigenvalue weighted by atomic mass is 10.2. The number of anilines is 1. The molecule has 150 valence electrons. The van der Waals surface area contributed by atoms with Gasteiger partial charge in [0.05, 0.1) is 34.8 Å². The van der Waals surface area contributed by atoms with Crippen molar-refractivity contribution in [3.8, 4) is 11.5 Å². The maximum Gasteiger partial charge on any atom is 0.296 e. The van der Waals surface area contributed by atoms with Crippen LogP contribution in [0.15, 0.2) is 30.3 Å². The van der Waals surface area contributed by atoms with E-state index in [0.29, 0.717) is 19.6 Å². The monoisotopic (exact) mass is 410 g/mol. The van der Waals surface area contributed by atoms with Crippen LogP contribution in [0, 0.1) is 15.9 Å². The van der Waals surface area contributed by atoms with Gasteiger partial charge in [-0.15, -0.1) is 0 Å². The molecule has 0 aliphatic rings. The first-order valence-electron chi connectivity index (χ1n) is 8.71. The van der Waals surface area contributed by atoms with E-state index >= 15 is 0 Å². The SMILES string of the molecule is CCCOc1cc(NC(=O)c2ccc(F)cc2Cl)c([N+](=O)[O-])cc1OCCC. The number of nitrogens with zero attached hydrogens (tertiary/aromatic N) is 1. The van der Waals surface area contributed by atoms with Crippen molar-refractivity contribution in [2.75, 3.05) is 18.5 Å². The van der Waals surface area contributed by atoms with E-state index in [9.17, 15) is 19.3 Å². The van der Waals surface area contributed by atoms with Crippen LogP contribution in [-0.4, -0.2) is 24.0 Å². The predicted molar refractivity (Wildman–Crippen MR) is 104 cm³/mol. The third-order valence-electron chi connectivity index (χ3n) is 3.61. The zero-order chi connectivity index (χ0) is 20.7. The fourth-order valence-electron chi connectivity index (χ4n) is 2.31. The van der Waals surface area contributed by atoms with Crippen molar-refractivity contribution < 1.29 is 23.6 Å². The maximum atomic E-state index is 13.2. The highest BCUT2D eigenvalue weighted by atomic mass is 35.5. The van der Waals surface area contributed by atoms with Crippen LogP contribution in [0.4, 0.5) is 15.8 Å². The van der Waals surface area contributed by atoms with E-state index in [1.807, 2.05) is 13.8 Å². The molecule has 9 heteroatoms. The van der Waals surface area contributed by atoms with Crippen LogP contribution in [0.2, 0.25) is 5.02 Å². The van der Waals surface area contributed by atoms with Gasteiger partial charge in [-0.2, -0.15) is 0 Å². The quantitative estimate of drug-likeness (QED) is 0.452. The van der Waals surface area contributed by atoms with Gasteiger partial charge in [-0.05, 0) is 31.0 Å². The number of nitrogens with one attached hydrogen (secondary N) is 1. The van der Waals surface area contributed by atoms with Gasteiger partial charge in [0.15, 0.2) is 11.5 Å². The lowest BCUT2D eigenvalue weighted by Crippen LogP contribution is -2.14. The average Bonchev–Trinajstić information content (AvgIpc) is 2.64. The van der Waals surface area contributed by atoms with E-state index in [-0.39, 0.29) is 33.5 Å². The topological polar surface area (TPSA) is 90.7 Å². The molecule has 0 aliphatic carbocycles. The van der Waals surface area contributed by atoms with Crippen molar-refractivity contribution in [2.24, 2.45) is 0 Å². The second-order valence-corrected chi connectivity index (χ2v) is 6.26. The molecule has 2 aromatic rings. The number of hydrogen-bond acceptors (Lipinski definition) is 5. The number of amides is 1. The lowest BCUT2D eigenvalue weighted by Gasteiger charge is -2.15. The van der Waals surface area contributed by atoms with Crippen molar-refractivity contribution >= 4 is 28.9 Å². The molecule has 1 N–H and O–H groups in total. The van der Waals surface area contributed by atoms with E-state index in [1.165, 1.54) is 18.2 Å². The Labute approximate surface area is 166 Å². The fraction of sp³-hybridized carbons (Fsp3) is 0.316. The van der Waals surface area contributed by atoms with Gasteiger partial charge in [0.2, 0.25) is 0 Å². The standard InChI is InChI=1S/C19H20ClFN2O5/c1-3-7-27-17-10-15(16(23(25)26)11-18(17)28-8-4-2)22-19(24)13-6-5-12(21)9-14(13)20/h5-6,9-11H,3-4,7-8H2,1-2H3,(H,22,24). The number of carbonyl (C=O) groups excluding carboxylic acids is 1. The second-order valence-electron chi connectivity index (χ2n) is 5.85. The van der Waals surface area contributed by atoms with E-state index < -0.39 is 16.6 Å². The Morgan fingerprint density at radius 2 is 1.75 bits per heavy atom. The van der Waals surface area contributed by atoms with Gasteiger partial charge in [0.25, 0.3) is 11.6 Å². The highest BCUT2D eigenvalue weighted by molar-refractivity contribution is 6.34. The summed E-state index contributed by atoms with van der Waals surface area (Å²) in [5.41, 5.74) is -0.452. The molecule has 0 aliphatic heterocycles. The minimum atomic E-state index is -0.711. The van der Waals surface area contributed by atoms with Crippen LogP contribution >= 0.6 is 11.6 Å². The molecule has 2 rings (SSSR count). The van der Waals surface area contributed by atoms with Crippen molar-refractivity contribution in [1.29, 1.82) is 0 Å². The molecule has 0 heterocycles. The Morgan fingerprint density at radius 1 is 1.14 bits per heavy atom. The summed E-state index contributed by atoms with van der Waals surface area (Å²) in [5, 5.41) is 13.8. The van der Waals surface area contributed by atoms with Crippen molar-refractivity contribution in [2.45, 2.75) is 26.7 Å². The molecular weight excluding hydrogens is 391 g/mol. The molecule has 28 heavy (non-hydrogen) atoms. The van der Waals surface area contributed by atoms with Crippen molar-refractivity contribution in [1.82, 2.24) is 0 Å². The van der Waals surface area contributed by atoms with Crippen molar-refractivity contribution in [3.63, 3.8) is 0 Å². The second kappa shape index (κ2) is 9.89. The first-order chi connectivity index (χ1) is 13.4. The van der Waals surface area contributed by atoms with Gasteiger partial charge in [-0.3, -0.25) is 14.9 Å². The minimum absolute atomic E-state index is 0.0142. The Bertz CT molecular complexity index is 876. The summed E-state index contributed by atoms with van der Waals surface area (Å²) in [5.74, 6) is -0.807. The molecule has 0 atom stereocenters. The number of ether oxygens (including phenoxy) is 2.